The van der Waals surface area contributed by atoms with E-state index >= 15 is 0 Å². The normalized spacial score (nSPS) is 12.3. The Labute approximate surface area is 71.5 Å². The third-order valence-corrected chi connectivity index (χ3v) is 1.63. The van der Waals surface area contributed by atoms with Gasteiger partial charge in [-0.25, -0.2) is 10.4 Å². The molecule has 0 spiro atoms. The molecule has 0 aliphatic heterocycles. The SMILES string of the molecule is C#CCCC(NN)c1ncc[nH]1. The van der Waals surface area contributed by atoms with Crippen molar-refractivity contribution in [1.29, 1.82) is 0 Å². The summed E-state index contributed by atoms with van der Waals surface area (Å²) in [7, 11) is 0. The van der Waals surface area contributed by atoms with Gasteiger partial charge < -0.3 is 4.98 Å². The standard InChI is InChI=1S/C8H12N4/c1-2-3-4-7(12-9)8-10-5-6-11-8/h1,5-7,12H,3-4,9H2,(H,10,11). The number of aromatic amines is 1. The fourth-order valence-electron chi connectivity index (χ4n) is 0.995. The first-order chi connectivity index (χ1) is 5.88. The number of aromatic nitrogens is 2. The fourth-order valence-corrected chi connectivity index (χ4v) is 0.995. The maximum atomic E-state index is 5.33. The number of hydrogen-bond acceptors (Lipinski definition) is 3. The van der Waals surface area contributed by atoms with E-state index in [-0.39, 0.29) is 6.04 Å². The van der Waals surface area contributed by atoms with Crippen LogP contribution >= 0.6 is 0 Å². The van der Waals surface area contributed by atoms with E-state index in [4.69, 9.17) is 12.3 Å². The molecular weight excluding hydrogens is 152 g/mol. The minimum absolute atomic E-state index is 0.0241. The van der Waals surface area contributed by atoms with Gasteiger partial charge in [0.25, 0.3) is 0 Å². The molecule has 0 saturated heterocycles. The van der Waals surface area contributed by atoms with Crippen LogP contribution in [0.15, 0.2) is 12.4 Å². The molecule has 64 valence electrons. The van der Waals surface area contributed by atoms with Gasteiger partial charge in [0.2, 0.25) is 0 Å². The molecule has 4 nitrogen and oxygen atoms in total. The van der Waals surface area contributed by atoms with Crippen LogP contribution in [0.25, 0.3) is 0 Å². The number of hydrogen-bond donors (Lipinski definition) is 3. The maximum absolute atomic E-state index is 5.33. The van der Waals surface area contributed by atoms with Gasteiger partial charge in [0.1, 0.15) is 5.82 Å². The molecule has 0 fully saturated rings. The second-order valence-corrected chi connectivity index (χ2v) is 2.44. The molecule has 0 bridgehead atoms. The van der Waals surface area contributed by atoms with Crippen LogP contribution in [0.5, 0.6) is 0 Å². The number of H-pyrrole nitrogens is 1. The van der Waals surface area contributed by atoms with Gasteiger partial charge in [-0.2, -0.15) is 0 Å². The summed E-state index contributed by atoms with van der Waals surface area (Å²) in [6, 6.07) is 0.0241. The number of terminal acetylenes is 1. The van der Waals surface area contributed by atoms with Crippen LogP contribution in [-0.4, -0.2) is 9.97 Å². The molecule has 1 rings (SSSR count). The van der Waals surface area contributed by atoms with Gasteiger partial charge in [-0.15, -0.1) is 12.3 Å². The van der Waals surface area contributed by atoms with Gasteiger partial charge in [0, 0.05) is 18.8 Å². The predicted octanol–water partition coefficient (Wildman–Crippen LogP) is 0.327. The highest BCUT2D eigenvalue weighted by Crippen LogP contribution is 2.11. The monoisotopic (exact) mass is 164 g/mol. The van der Waals surface area contributed by atoms with Crippen molar-refractivity contribution in [2.24, 2.45) is 5.84 Å². The topological polar surface area (TPSA) is 66.7 Å². The van der Waals surface area contributed by atoms with E-state index < -0.39 is 0 Å². The number of hydrazine groups is 1. The lowest BCUT2D eigenvalue weighted by Gasteiger charge is -2.10. The lowest BCUT2D eigenvalue weighted by molar-refractivity contribution is 0.501. The summed E-state index contributed by atoms with van der Waals surface area (Å²) in [6.07, 6.45) is 10.1. The Bertz CT molecular complexity index is 247. The van der Waals surface area contributed by atoms with Crippen LogP contribution in [0.2, 0.25) is 0 Å². The number of nitrogens with zero attached hydrogens (tertiary/aromatic N) is 1. The van der Waals surface area contributed by atoms with E-state index in [1.807, 2.05) is 0 Å². The Morgan fingerprint density at radius 2 is 2.67 bits per heavy atom. The van der Waals surface area contributed by atoms with E-state index in [9.17, 15) is 0 Å². The summed E-state index contributed by atoms with van der Waals surface area (Å²) in [6.45, 7) is 0. The van der Waals surface area contributed by atoms with E-state index in [1.165, 1.54) is 0 Å². The molecule has 1 aromatic rings. The van der Waals surface area contributed by atoms with E-state index in [0.717, 1.165) is 12.2 Å². The first kappa shape index (κ1) is 8.78. The summed E-state index contributed by atoms with van der Waals surface area (Å²) in [5.74, 6) is 8.71. The number of nitrogens with one attached hydrogen (secondary N) is 2. The number of rotatable bonds is 4. The predicted molar refractivity (Wildman–Crippen MR) is 46.7 cm³/mol. The highest BCUT2D eigenvalue weighted by atomic mass is 15.2. The summed E-state index contributed by atoms with van der Waals surface area (Å²) >= 11 is 0. The van der Waals surface area contributed by atoms with E-state index in [0.29, 0.717) is 6.42 Å². The Kier molecular flexibility index (Phi) is 3.33. The van der Waals surface area contributed by atoms with Gasteiger partial charge in [0.05, 0.1) is 6.04 Å². The van der Waals surface area contributed by atoms with Gasteiger partial charge >= 0.3 is 0 Å². The van der Waals surface area contributed by atoms with Crippen LogP contribution in [-0.2, 0) is 0 Å². The molecule has 1 atom stereocenters. The van der Waals surface area contributed by atoms with Crippen molar-refractivity contribution in [3.8, 4) is 12.3 Å². The van der Waals surface area contributed by atoms with Crippen molar-refractivity contribution in [3.63, 3.8) is 0 Å². The van der Waals surface area contributed by atoms with Crippen molar-refractivity contribution < 1.29 is 0 Å². The first-order valence-corrected chi connectivity index (χ1v) is 3.77. The molecule has 1 aromatic heterocycles. The van der Waals surface area contributed by atoms with Gasteiger partial charge in [-0.1, -0.05) is 0 Å². The second-order valence-electron chi connectivity index (χ2n) is 2.44. The summed E-state index contributed by atoms with van der Waals surface area (Å²) in [5, 5.41) is 0. The highest BCUT2D eigenvalue weighted by Gasteiger charge is 2.09. The Morgan fingerprint density at radius 3 is 3.17 bits per heavy atom. The lowest BCUT2D eigenvalue weighted by Crippen LogP contribution is -2.28. The van der Waals surface area contributed by atoms with Gasteiger partial charge in [-0.3, -0.25) is 5.84 Å². The van der Waals surface area contributed by atoms with Crippen LogP contribution in [0.4, 0.5) is 0 Å². The molecule has 0 amide bonds. The molecule has 4 N–H and O–H groups in total. The molecule has 1 heterocycles. The average Bonchev–Trinajstić information content (AvgIpc) is 2.59. The maximum Gasteiger partial charge on any atom is 0.124 e. The van der Waals surface area contributed by atoms with E-state index in [2.05, 4.69) is 21.3 Å². The van der Waals surface area contributed by atoms with Gasteiger partial charge in [0.15, 0.2) is 0 Å². The Balaban J connectivity index is 2.52. The molecule has 0 saturated carbocycles. The fraction of sp³-hybridized carbons (Fsp3) is 0.375. The minimum Gasteiger partial charge on any atom is -0.347 e. The Morgan fingerprint density at radius 1 is 1.83 bits per heavy atom. The smallest absolute Gasteiger partial charge is 0.124 e. The zero-order valence-corrected chi connectivity index (χ0v) is 6.75. The second kappa shape index (κ2) is 4.54. The molecular formula is C8H12N4. The summed E-state index contributed by atoms with van der Waals surface area (Å²) in [5.41, 5.74) is 2.65. The van der Waals surface area contributed by atoms with Crippen LogP contribution < -0.4 is 11.3 Å². The third kappa shape index (κ3) is 2.09. The van der Waals surface area contributed by atoms with Crippen molar-refractivity contribution >= 4 is 0 Å². The summed E-state index contributed by atoms with van der Waals surface area (Å²) < 4.78 is 0. The molecule has 0 aromatic carbocycles. The molecule has 1 unspecified atom stereocenters. The largest absolute Gasteiger partial charge is 0.347 e. The Hall–Kier alpha value is -1.31. The average molecular weight is 164 g/mol. The lowest BCUT2D eigenvalue weighted by atomic mass is 10.1. The number of imidazole rings is 1. The third-order valence-electron chi connectivity index (χ3n) is 1.63. The van der Waals surface area contributed by atoms with Crippen molar-refractivity contribution in [3.05, 3.63) is 18.2 Å². The molecule has 0 aliphatic rings. The van der Waals surface area contributed by atoms with Crippen LogP contribution in [0.1, 0.15) is 24.7 Å². The molecule has 4 heteroatoms. The zero-order valence-electron chi connectivity index (χ0n) is 6.75. The minimum atomic E-state index is 0.0241. The number of nitrogens with two attached hydrogens (primary N) is 1. The van der Waals surface area contributed by atoms with Crippen LogP contribution in [0, 0.1) is 12.3 Å². The van der Waals surface area contributed by atoms with Crippen LogP contribution in [0.3, 0.4) is 0 Å². The molecule has 12 heavy (non-hydrogen) atoms. The van der Waals surface area contributed by atoms with Crippen molar-refractivity contribution in [2.45, 2.75) is 18.9 Å². The highest BCUT2D eigenvalue weighted by molar-refractivity contribution is 4.97. The summed E-state index contributed by atoms with van der Waals surface area (Å²) in [4.78, 5) is 7.05. The van der Waals surface area contributed by atoms with Gasteiger partial charge in [-0.05, 0) is 6.42 Å². The van der Waals surface area contributed by atoms with E-state index in [1.54, 1.807) is 12.4 Å². The first-order valence-electron chi connectivity index (χ1n) is 3.77. The quantitative estimate of drug-likeness (QED) is 0.341. The van der Waals surface area contributed by atoms with Crippen molar-refractivity contribution in [1.82, 2.24) is 15.4 Å². The molecule has 0 aliphatic carbocycles. The van der Waals surface area contributed by atoms with Crippen molar-refractivity contribution in [2.75, 3.05) is 0 Å². The molecule has 0 radical (unpaired) electrons. The zero-order chi connectivity index (χ0) is 8.81.